The van der Waals surface area contributed by atoms with Crippen molar-refractivity contribution in [3.05, 3.63) is 42.1 Å². The molecule has 0 aliphatic carbocycles. The van der Waals surface area contributed by atoms with E-state index in [1.54, 1.807) is 6.33 Å². The number of aryl methyl sites for hydroxylation is 2. The Bertz CT molecular complexity index is 937. The molecule has 0 saturated carbocycles. The third kappa shape index (κ3) is 3.51. The second-order valence-corrected chi connectivity index (χ2v) is 7.13. The lowest BCUT2D eigenvalue weighted by Crippen LogP contribution is -2.44. The van der Waals surface area contributed by atoms with Gasteiger partial charge in [0.2, 0.25) is 0 Å². The lowest BCUT2D eigenvalue weighted by Gasteiger charge is -2.31. The van der Waals surface area contributed by atoms with Gasteiger partial charge in [-0.3, -0.25) is 4.68 Å². The second-order valence-electron chi connectivity index (χ2n) is 7.13. The van der Waals surface area contributed by atoms with Crippen LogP contribution < -0.4 is 5.32 Å². The van der Waals surface area contributed by atoms with Crippen LogP contribution in [0, 0.1) is 0 Å². The van der Waals surface area contributed by atoms with E-state index in [0.717, 1.165) is 54.8 Å². The van der Waals surface area contributed by atoms with E-state index in [4.69, 9.17) is 0 Å². The first-order chi connectivity index (χ1) is 13.1. The highest BCUT2D eigenvalue weighted by Gasteiger charge is 2.26. The number of likely N-dealkylation sites (tertiary alicyclic amines) is 1. The summed E-state index contributed by atoms with van der Waals surface area (Å²) < 4.78 is 3.86. The number of hydrogen-bond acceptors (Lipinski definition) is 4. The predicted molar refractivity (Wildman–Crippen MR) is 102 cm³/mol. The topological polar surface area (TPSA) is 80.9 Å². The van der Waals surface area contributed by atoms with Crippen LogP contribution in [0.4, 0.5) is 4.79 Å². The number of carbonyl (C=O) groups is 1. The van der Waals surface area contributed by atoms with Crippen molar-refractivity contribution in [2.75, 3.05) is 19.6 Å². The van der Waals surface area contributed by atoms with E-state index in [1.807, 2.05) is 40.4 Å². The molecule has 8 nitrogen and oxygen atoms in total. The molecule has 3 aromatic rings. The number of para-hydroxylation sites is 1. The number of benzene rings is 1. The molecule has 3 heterocycles. The van der Waals surface area contributed by atoms with Crippen LogP contribution in [0.15, 0.2) is 30.6 Å². The summed E-state index contributed by atoms with van der Waals surface area (Å²) in [4.78, 5) is 14.4. The molecule has 1 aromatic carbocycles. The quantitative estimate of drug-likeness (QED) is 0.763. The highest BCUT2D eigenvalue weighted by atomic mass is 16.2. The van der Waals surface area contributed by atoms with Crippen LogP contribution in [0.25, 0.3) is 10.9 Å². The number of hydrogen-bond donors (Lipinski definition) is 1. The van der Waals surface area contributed by atoms with Crippen LogP contribution in [0.2, 0.25) is 0 Å². The van der Waals surface area contributed by atoms with Crippen LogP contribution >= 0.6 is 0 Å². The molecule has 4 rings (SSSR count). The fraction of sp³-hybridized carbons (Fsp3) is 0.474. The fourth-order valence-corrected chi connectivity index (χ4v) is 3.88. The normalized spacial score (nSPS) is 15.4. The zero-order chi connectivity index (χ0) is 18.8. The van der Waals surface area contributed by atoms with E-state index in [2.05, 4.69) is 32.7 Å². The summed E-state index contributed by atoms with van der Waals surface area (Å²) in [6.07, 6.45) is 4.30. The zero-order valence-electron chi connectivity index (χ0n) is 15.8. The van der Waals surface area contributed by atoms with Crippen LogP contribution in [-0.2, 0) is 20.5 Å². The van der Waals surface area contributed by atoms with Crippen LogP contribution in [0.3, 0.4) is 0 Å². The average molecular weight is 367 g/mol. The number of urea groups is 1. The SMILES string of the molecule is Cn1cnnc1C1CCN(C(=O)NCCc2nn(C)c3ccccc23)CC1. The number of nitrogens with one attached hydrogen (secondary N) is 1. The predicted octanol–water partition coefficient (Wildman–Crippen LogP) is 1.83. The highest BCUT2D eigenvalue weighted by Crippen LogP contribution is 2.26. The van der Waals surface area contributed by atoms with Crippen molar-refractivity contribution >= 4 is 16.9 Å². The Morgan fingerprint density at radius 1 is 1.22 bits per heavy atom. The van der Waals surface area contributed by atoms with E-state index >= 15 is 0 Å². The Balaban J connectivity index is 1.28. The lowest BCUT2D eigenvalue weighted by molar-refractivity contribution is 0.180. The van der Waals surface area contributed by atoms with Crippen LogP contribution in [0.5, 0.6) is 0 Å². The molecule has 0 spiro atoms. The minimum absolute atomic E-state index is 0.00616. The third-order valence-electron chi connectivity index (χ3n) is 5.37. The largest absolute Gasteiger partial charge is 0.338 e. The highest BCUT2D eigenvalue weighted by molar-refractivity contribution is 5.82. The minimum Gasteiger partial charge on any atom is -0.338 e. The fourth-order valence-electron chi connectivity index (χ4n) is 3.88. The molecule has 0 unspecified atom stereocenters. The number of nitrogens with zero attached hydrogens (tertiary/aromatic N) is 6. The first kappa shape index (κ1) is 17.5. The molecule has 1 aliphatic heterocycles. The van der Waals surface area contributed by atoms with E-state index < -0.39 is 0 Å². The van der Waals surface area contributed by atoms with Gasteiger partial charge in [-0.05, 0) is 18.9 Å². The Hall–Kier alpha value is -2.90. The summed E-state index contributed by atoms with van der Waals surface area (Å²) >= 11 is 0. The standard InChI is InChI=1S/C19H25N7O/c1-24-13-21-22-18(24)14-8-11-26(12-9-14)19(27)20-10-7-16-15-5-3-4-6-17(15)25(2)23-16/h3-6,13-14H,7-12H2,1-2H3,(H,20,27). The van der Waals surface area contributed by atoms with Gasteiger partial charge in [0.25, 0.3) is 0 Å². The maximum absolute atomic E-state index is 12.5. The molecule has 8 heteroatoms. The number of amides is 2. The van der Waals surface area contributed by atoms with Crippen molar-refractivity contribution in [3.8, 4) is 0 Å². The van der Waals surface area contributed by atoms with Gasteiger partial charge in [0.15, 0.2) is 0 Å². The summed E-state index contributed by atoms with van der Waals surface area (Å²) in [6.45, 7) is 2.08. The van der Waals surface area contributed by atoms with E-state index in [-0.39, 0.29) is 6.03 Å². The maximum atomic E-state index is 12.5. The number of piperidine rings is 1. The maximum Gasteiger partial charge on any atom is 0.317 e. The Kier molecular flexibility index (Phi) is 4.79. The number of aromatic nitrogens is 5. The molecule has 0 radical (unpaired) electrons. The molecule has 1 saturated heterocycles. The Labute approximate surface area is 158 Å². The summed E-state index contributed by atoms with van der Waals surface area (Å²) in [5.41, 5.74) is 2.14. The molecule has 2 amide bonds. The van der Waals surface area contributed by atoms with Crippen molar-refractivity contribution in [1.82, 2.24) is 34.8 Å². The number of carbonyl (C=O) groups excluding carboxylic acids is 1. The van der Waals surface area contributed by atoms with Gasteiger partial charge in [0.1, 0.15) is 12.2 Å². The smallest absolute Gasteiger partial charge is 0.317 e. The lowest BCUT2D eigenvalue weighted by atomic mass is 9.96. The minimum atomic E-state index is 0.00616. The van der Waals surface area contributed by atoms with E-state index in [0.29, 0.717) is 12.5 Å². The van der Waals surface area contributed by atoms with Gasteiger partial charge in [-0.25, -0.2) is 4.79 Å². The number of fused-ring (bicyclic) bond motifs is 1. The monoisotopic (exact) mass is 367 g/mol. The van der Waals surface area contributed by atoms with E-state index in [1.165, 1.54) is 0 Å². The molecule has 1 fully saturated rings. The van der Waals surface area contributed by atoms with Crippen LogP contribution in [0.1, 0.15) is 30.3 Å². The summed E-state index contributed by atoms with van der Waals surface area (Å²) in [6, 6.07) is 8.18. The Morgan fingerprint density at radius 2 is 2.00 bits per heavy atom. The molecule has 0 bridgehead atoms. The molecule has 0 atom stereocenters. The van der Waals surface area contributed by atoms with Gasteiger partial charge in [0.05, 0.1) is 11.2 Å². The molecular formula is C19H25N7O. The molecule has 27 heavy (non-hydrogen) atoms. The average Bonchev–Trinajstić information content (AvgIpc) is 3.26. The third-order valence-corrected chi connectivity index (χ3v) is 5.37. The Morgan fingerprint density at radius 3 is 2.74 bits per heavy atom. The van der Waals surface area contributed by atoms with Crippen molar-refractivity contribution in [3.63, 3.8) is 0 Å². The van der Waals surface area contributed by atoms with Crippen molar-refractivity contribution in [1.29, 1.82) is 0 Å². The van der Waals surface area contributed by atoms with Crippen LogP contribution in [-0.4, -0.2) is 55.1 Å². The van der Waals surface area contributed by atoms with Crippen molar-refractivity contribution < 1.29 is 4.79 Å². The molecule has 1 N–H and O–H groups in total. The van der Waals surface area contributed by atoms with Crippen molar-refractivity contribution in [2.45, 2.75) is 25.2 Å². The van der Waals surface area contributed by atoms with Gasteiger partial charge in [0, 0.05) is 51.5 Å². The van der Waals surface area contributed by atoms with Gasteiger partial charge in [-0.2, -0.15) is 5.10 Å². The molecular weight excluding hydrogens is 342 g/mol. The summed E-state index contributed by atoms with van der Waals surface area (Å²) in [5, 5.41) is 16.9. The van der Waals surface area contributed by atoms with Gasteiger partial charge < -0.3 is 14.8 Å². The summed E-state index contributed by atoms with van der Waals surface area (Å²) in [5.74, 6) is 1.39. The van der Waals surface area contributed by atoms with Crippen molar-refractivity contribution in [2.24, 2.45) is 14.1 Å². The molecule has 142 valence electrons. The van der Waals surface area contributed by atoms with Gasteiger partial charge in [-0.1, -0.05) is 18.2 Å². The summed E-state index contributed by atoms with van der Waals surface area (Å²) in [7, 11) is 3.92. The first-order valence-electron chi connectivity index (χ1n) is 9.41. The second kappa shape index (κ2) is 7.38. The molecule has 1 aliphatic rings. The van der Waals surface area contributed by atoms with E-state index in [9.17, 15) is 4.79 Å². The molecule has 2 aromatic heterocycles. The van der Waals surface area contributed by atoms with Gasteiger partial charge in [-0.15, -0.1) is 10.2 Å². The van der Waals surface area contributed by atoms with Gasteiger partial charge >= 0.3 is 6.03 Å². The zero-order valence-corrected chi connectivity index (χ0v) is 15.8. The first-order valence-corrected chi connectivity index (χ1v) is 9.41. The number of rotatable bonds is 4.